The summed E-state index contributed by atoms with van der Waals surface area (Å²) in [6.07, 6.45) is 9.94. The summed E-state index contributed by atoms with van der Waals surface area (Å²) >= 11 is 1.83. The number of nitrogens with zero attached hydrogens (tertiary/aromatic N) is 6. The first-order chi connectivity index (χ1) is 14.7. The Morgan fingerprint density at radius 2 is 1.93 bits per heavy atom. The zero-order valence-electron chi connectivity index (χ0n) is 17.8. The number of hydrogen-bond acceptors (Lipinski definition) is 8. The lowest BCUT2D eigenvalue weighted by atomic mass is 9.97. The summed E-state index contributed by atoms with van der Waals surface area (Å²) in [5.74, 6) is 1.62. The van der Waals surface area contributed by atoms with Crippen molar-refractivity contribution in [3.63, 3.8) is 0 Å². The molecule has 30 heavy (non-hydrogen) atoms. The highest BCUT2D eigenvalue weighted by Gasteiger charge is 2.23. The Bertz CT molecular complexity index is 1010. The quantitative estimate of drug-likeness (QED) is 0.676. The second kappa shape index (κ2) is 8.53. The highest BCUT2D eigenvalue weighted by Crippen LogP contribution is 2.39. The second-order valence-corrected chi connectivity index (χ2v) is 9.61. The van der Waals surface area contributed by atoms with Gasteiger partial charge < -0.3 is 10.2 Å². The molecule has 1 saturated heterocycles. The maximum atomic E-state index is 4.95. The molecule has 1 N–H and O–H groups in total. The molecule has 158 valence electrons. The van der Waals surface area contributed by atoms with E-state index in [9.17, 15) is 0 Å². The lowest BCUT2D eigenvalue weighted by molar-refractivity contribution is 0.151. The van der Waals surface area contributed by atoms with E-state index < -0.39 is 0 Å². The van der Waals surface area contributed by atoms with E-state index in [2.05, 4.69) is 39.1 Å². The van der Waals surface area contributed by atoms with Gasteiger partial charge in [-0.15, -0.1) is 11.3 Å². The third-order valence-electron chi connectivity index (χ3n) is 6.12. The van der Waals surface area contributed by atoms with Crippen molar-refractivity contribution in [2.24, 2.45) is 0 Å². The van der Waals surface area contributed by atoms with Crippen molar-refractivity contribution < 1.29 is 0 Å². The predicted molar refractivity (Wildman–Crippen MR) is 122 cm³/mol. The van der Waals surface area contributed by atoms with Gasteiger partial charge >= 0.3 is 0 Å². The third-order valence-corrected chi connectivity index (χ3v) is 7.30. The number of fused-ring (bicyclic) bond motifs is 3. The minimum atomic E-state index is 0.306. The lowest BCUT2D eigenvalue weighted by Gasteiger charge is -2.34. The Balaban J connectivity index is 1.48. The topological polar surface area (TPSA) is 70.1 Å². The number of nitrogens with one attached hydrogen (secondary N) is 1. The molecule has 7 nitrogen and oxygen atoms in total. The Kier molecular flexibility index (Phi) is 5.62. The molecule has 1 aliphatic carbocycles. The summed E-state index contributed by atoms with van der Waals surface area (Å²) < 4.78 is 0. The average molecular weight is 424 g/mol. The molecule has 2 aliphatic rings. The minimum Gasteiger partial charge on any atom is -0.366 e. The van der Waals surface area contributed by atoms with Crippen LogP contribution >= 0.6 is 11.3 Å². The summed E-state index contributed by atoms with van der Waals surface area (Å²) in [6, 6.07) is 0.306. The van der Waals surface area contributed by atoms with Crippen LogP contribution in [0.4, 0.5) is 5.82 Å². The van der Waals surface area contributed by atoms with Crippen LogP contribution in [-0.2, 0) is 12.8 Å². The van der Waals surface area contributed by atoms with Gasteiger partial charge in [0.05, 0.1) is 11.6 Å². The van der Waals surface area contributed by atoms with Gasteiger partial charge in [-0.05, 0) is 45.2 Å². The van der Waals surface area contributed by atoms with Crippen LogP contribution in [0.3, 0.4) is 0 Å². The maximum absolute atomic E-state index is 4.95. The molecular weight excluding hydrogens is 394 g/mol. The van der Waals surface area contributed by atoms with Gasteiger partial charge in [0, 0.05) is 56.0 Å². The third kappa shape index (κ3) is 4.04. The standard InChI is InChI=1S/C22H29N7S/c1-15(14-29-11-9-28(2)10-12-29)25-21-19-16-5-3-4-6-18(16)30-22(19)27-20(26-21)17-13-23-7-8-24-17/h7-8,13,15H,3-6,9-12,14H2,1-2H3,(H,25,26,27). The van der Waals surface area contributed by atoms with Gasteiger partial charge in [0.25, 0.3) is 0 Å². The predicted octanol–water partition coefficient (Wildman–Crippen LogP) is 3.07. The van der Waals surface area contributed by atoms with Gasteiger partial charge in [-0.1, -0.05) is 0 Å². The van der Waals surface area contributed by atoms with Crippen LogP contribution in [0.25, 0.3) is 21.7 Å². The van der Waals surface area contributed by atoms with Crippen molar-refractivity contribution in [1.29, 1.82) is 0 Å². The molecule has 0 spiro atoms. The number of rotatable bonds is 5. The van der Waals surface area contributed by atoms with Gasteiger partial charge in [0.1, 0.15) is 16.3 Å². The van der Waals surface area contributed by atoms with Crippen LogP contribution in [0.15, 0.2) is 18.6 Å². The lowest BCUT2D eigenvalue weighted by Crippen LogP contribution is -2.47. The molecule has 0 saturated carbocycles. The molecule has 8 heteroatoms. The van der Waals surface area contributed by atoms with Crippen LogP contribution < -0.4 is 5.32 Å². The maximum Gasteiger partial charge on any atom is 0.183 e. The fourth-order valence-electron chi connectivity index (χ4n) is 4.49. The Morgan fingerprint density at radius 1 is 1.10 bits per heavy atom. The van der Waals surface area contributed by atoms with Crippen molar-refractivity contribution in [2.45, 2.75) is 38.6 Å². The molecule has 1 fully saturated rings. The van der Waals surface area contributed by atoms with E-state index in [0.29, 0.717) is 11.9 Å². The number of aryl methyl sites for hydroxylation is 2. The average Bonchev–Trinajstić information content (AvgIpc) is 3.15. The number of piperazine rings is 1. The summed E-state index contributed by atoms with van der Waals surface area (Å²) in [6.45, 7) is 7.80. The molecule has 5 rings (SSSR count). The van der Waals surface area contributed by atoms with Gasteiger partial charge in [0.15, 0.2) is 5.82 Å². The summed E-state index contributed by atoms with van der Waals surface area (Å²) in [4.78, 5) is 26.0. The van der Waals surface area contributed by atoms with Gasteiger partial charge in [-0.25, -0.2) is 15.0 Å². The molecular formula is C22H29N7S. The first-order valence-electron chi connectivity index (χ1n) is 10.9. The van der Waals surface area contributed by atoms with Gasteiger partial charge in [0.2, 0.25) is 0 Å². The molecule has 1 unspecified atom stereocenters. The Morgan fingerprint density at radius 3 is 2.73 bits per heavy atom. The molecule has 1 atom stereocenters. The number of likely N-dealkylation sites (N-methyl/N-ethyl adjacent to an activating group) is 1. The van der Waals surface area contributed by atoms with E-state index in [-0.39, 0.29) is 0 Å². The fraction of sp³-hybridized carbons (Fsp3) is 0.545. The Labute approximate surface area is 181 Å². The van der Waals surface area contributed by atoms with Crippen LogP contribution in [0.5, 0.6) is 0 Å². The fourth-order valence-corrected chi connectivity index (χ4v) is 5.75. The SMILES string of the molecule is CC(CN1CCN(C)CC1)Nc1nc(-c2cnccn2)nc2sc3c(c12)CCCC3. The highest BCUT2D eigenvalue weighted by molar-refractivity contribution is 7.19. The van der Waals surface area contributed by atoms with Crippen molar-refractivity contribution in [1.82, 2.24) is 29.7 Å². The Hall–Kier alpha value is -2.16. The molecule has 0 amide bonds. The smallest absolute Gasteiger partial charge is 0.183 e. The van der Waals surface area contributed by atoms with Crippen LogP contribution in [-0.4, -0.2) is 75.5 Å². The zero-order chi connectivity index (χ0) is 20.5. The van der Waals surface area contributed by atoms with Crippen molar-refractivity contribution in [3.05, 3.63) is 29.0 Å². The zero-order valence-corrected chi connectivity index (χ0v) is 18.6. The molecule has 3 aromatic heterocycles. The van der Waals surface area contributed by atoms with Crippen molar-refractivity contribution in [3.8, 4) is 11.5 Å². The van der Waals surface area contributed by atoms with E-state index >= 15 is 0 Å². The largest absolute Gasteiger partial charge is 0.366 e. The normalized spacial score (nSPS) is 19.0. The molecule has 0 radical (unpaired) electrons. The molecule has 0 aromatic carbocycles. The van der Waals surface area contributed by atoms with E-state index in [0.717, 1.165) is 61.9 Å². The van der Waals surface area contributed by atoms with E-state index in [4.69, 9.17) is 9.97 Å². The number of aromatic nitrogens is 4. The first kappa shape index (κ1) is 19.8. The monoisotopic (exact) mass is 423 g/mol. The number of anilines is 1. The van der Waals surface area contributed by atoms with E-state index in [1.54, 1.807) is 18.6 Å². The van der Waals surface area contributed by atoms with E-state index in [1.165, 1.54) is 28.7 Å². The van der Waals surface area contributed by atoms with Crippen molar-refractivity contribution in [2.75, 3.05) is 45.1 Å². The molecule has 1 aliphatic heterocycles. The highest BCUT2D eigenvalue weighted by atomic mass is 32.1. The molecule has 0 bridgehead atoms. The van der Waals surface area contributed by atoms with Gasteiger partial charge in [-0.3, -0.25) is 9.88 Å². The molecule has 3 aromatic rings. The summed E-state index contributed by atoms with van der Waals surface area (Å²) in [7, 11) is 2.20. The minimum absolute atomic E-state index is 0.306. The van der Waals surface area contributed by atoms with Crippen molar-refractivity contribution >= 4 is 27.4 Å². The first-order valence-corrected chi connectivity index (χ1v) is 11.7. The van der Waals surface area contributed by atoms with Crippen LogP contribution in [0.1, 0.15) is 30.2 Å². The van der Waals surface area contributed by atoms with Gasteiger partial charge in [-0.2, -0.15) is 0 Å². The van der Waals surface area contributed by atoms with E-state index in [1.807, 2.05) is 11.3 Å². The summed E-state index contributed by atoms with van der Waals surface area (Å²) in [5.41, 5.74) is 2.18. The second-order valence-electron chi connectivity index (χ2n) is 8.53. The summed E-state index contributed by atoms with van der Waals surface area (Å²) in [5, 5.41) is 4.97. The van der Waals surface area contributed by atoms with Crippen LogP contribution in [0.2, 0.25) is 0 Å². The molecule has 4 heterocycles. The number of hydrogen-bond donors (Lipinski definition) is 1. The number of thiophene rings is 1. The van der Waals surface area contributed by atoms with Crippen LogP contribution in [0, 0.1) is 0 Å².